The Morgan fingerprint density at radius 1 is 1.35 bits per heavy atom. The first-order valence-corrected chi connectivity index (χ1v) is 8.00. The van der Waals surface area contributed by atoms with Gasteiger partial charge in [0.15, 0.2) is 5.75 Å². The molecule has 1 aliphatic carbocycles. The Morgan fingerprint density at radius 3 is 2.87 bits per heavy atom. The summed E-state index contributed by atoms with van der Waals surface area (Å²) in [5, 5.41) is 13.9. The standard InChI is InChI=1S/C16H21N3O4/c1-23-15-8-7-12(10-14(15)19(21)22)17-16(20)18-9-3-5-11-4-2-6-13(11)18/h7-8,10-11,13H,2-6,9H2,1H3,(H,17,20)/t11-,13+/m0/s1. The highest BCUT2D eigenvalue weighted by molar-refractivity contribution is 5.90. The number of fused-ring (bicyclic) bond motifs is 1. The van der Waals surface area contributed by atoms with Gasteiger partial charge in [0.05, 0.1) is 12.0 Å². The number of urea groups is 1. The predicted molar refractivity (Wildman–Crippen MR) is 85.7 cm³/mol. The number of nitro benzene ring substituents is 1. The molecule has 2 atom stereocenters. The Kier molecular flexibility index (Phi) is 4.36. The summed E-state index contributed by atoms with van der Waals surface area (Å²) in [6, 6.07) is 4.62. The topological polar surface area (TPSA) is 84.7 Å². The fourth-order valence-corrected chi connectivity index (χ4v) is 3.81. The smallest absolute Gasteiger partial charge is 0.322 e. The Morgan fingerprint density at radius 2 is 2.13 bits per heavy atom. The van der Waals surface area contributed by atoms with Crippen molar-refractivity contribution in [3.63, 3.8) is 0 Å². The first-order chi connectivity index (χ1) is 11.1. The van der Waals surface area contributed by atoms with Crippen LogP contribution in [-0.2, 0) is 0 Å². The third kappa shape index (κ3) is 3.09. The molecular formula is C16H21N3O4. The number of nitrogens with one attached hydrogen (secondary N) is 1. The molecule has 2 fully saturated rings. The molecule has 2 amide bonds. The van der Waals surface area contributed by atoms with Crippen molar-refractivity contribution in [2.75, 3.05) is 19.0 Å². The Labute approximate surface area is 134 Å². The molecule has 2 aliphatic rings. The number of anilines is 1. The predicted octanol–water partition coefficient (Wildman–Crippen LogP) is 3.40. The maximum atomic E-state index is 12.6. The molecule has 0 bridgehead atoms. The van der Waals surface area contributed by atoms with Gasteiger partial charge in [-0.2, -0.15) is 0 Å². The quantitative estimate of drug-likeness (QED) is 0.683. The molecule has 1 saturated carbocycles. The van der Waals surface area contributed by atoms with E-state index in [0.29, 0.717) is 17.6 Å². The van der Waals surface area contributed by atoms with Crippen molar-refractivity contribution in [3.05, 3.63) is 28.3 Å². The minimum absolute atomic E-state index is 0.150. The number of methoxy groups -OCH3 is 1. The molecule has 1 aromatic rings. The number of hydrogen-bond acceptors (Lipinski definition) is 4. The van der Waals surface area contributed by atoms with Crippen molar-refractivity contribution in [3.8, 4) is 5.75 Å². The van der Waals surface area contributed by atoms with Crippen molar-refractivity contribution in [2.24, 2.45) is 5.92 Å². The lowest BCUT2D eigenvalue weighted by Gasteiger charge is -2.37. The van der Waals surface area contributed by atoms with Gasteiger partial charge in [-0.3, -0.25) is 10.1 Å². The van der Waals surface area contributed by atoms with Gasteiger partial charge in [-0.25, -0.2) is 4.79 Å². The van der Waals surface area contributed by atoms with Crippen molar-refractivity contribution in [2.45, 2.75) is 38.1 Å². The van der Waals surface area contributed by atoms with Crippen LogP contribution in [-0.4, -0.2) is 35.6 Å². The zero-order valence-electron chi connectivity index (χ0n) is 13.2. The Hall–Kier alpha value is -2.31. The zero-order valence-corrected chi connectivity index (χ0v) is 13.2. The fourth-order valence-electron chi connectivity index (χ4n) is 3.81. The van der Waals surface area contributed by atoms with E-state index in [4.69, 9.17) is 4.74 Å². The number of nitro groups is 1. The van der Waals surface area contributed by atoms with Gasteiger partial charge < -0.3 is 15.0 Å². The van der Waals surface area contributed by atoms with Crippen molar-refractivity contribution < 1.29 is 14.5 Å². The average Bonchev–Trinajstić information content (AvgIpc) is 3.03. The van der Waals surface area contributed by atoms with Gasteiger partial charge in [-0.15, -0.1) is 0 Å². The van der Waals surface area contributed by atoms with Crippen LogP contribution in [0.2, 0.25) is 0 Å². The van der Waals surface area contributed by atoms with Crippen LogP contribution in [0.4, 0.5) is 16.2 Å². The lowest BCUT2D eigenvalue weighted by Crippen LogP contribution is -2.48. The van der Waals surface area contributed by atoms with E-state index in [1.165, 1.54) is 38.5 Å². The molecule has 3 rings (SSSR count). The van der Waals surface area contributed by atoms with Crippen LogP contribution in [0.5, 0.6) is 5.75 Å². The van der Waals surface area contributed by atoms with Gasteiger partial charge in [0.25, 0.3) is 0 Å². The van der Waals surface area contributed by atoms with Crippen LogP contribution < -0.4 is 10.1 Å². The number of likely N-dealkylation sites (tertiary alicyclic amines) is 1. The minimum Gasteiger partial charge on any atom is -0.490 e. The molecule has 0 spiro atoms. The van der Waals surface area contributed by atoms with E-state index < -0.39 is 4.92 Å². The first-order valence-electron chi connectivity index (χ1n) is 8.00. The fraction of sp³-hybridized carbons (Fsp3) is 0.562. The lowest BCUT2D eigenvalue weighted by atomic mass is 9.92. The summed E-state index contributed by atoms with van der Waals surface area (Å²) >= 11 is 0. The van der Waals surface area contributed by atoms with E-state index in [1.54, 1.807) is 6.07 Å². The molecule has 0 radical (unpaired) electrons. The average molecular weight is 319 g/mol. The highest BCUT2D eigenvalue weighted by Gasteiger charge is 2.37. The summed E-state index contributed by atoms with van der Waals surface area (Å²) in [5.74, 6) is 0.793. The second kappa shape index (κ2) is 6.44. The zero-order chi connectivity index (χ0) is 16.4. The molecule has 1 aliphatic heterocycles. The number of rotatable bonds is 3. The highest BCUT2D eigenvalue weighted by atomic mass is 16.6. The molecule has 23 heavy (non-hydrogen) atoms. The number of benzene rings is 1. The summed E-state index contributed by atoms with van der Waals surface area (Å²) in [6.07, 6.45) is 5.65. The summed E-state index contributed by atoms with van der Waals surface area (Å²) in [5.41, 5.74) is 0.269. The number of carbonyl (C=O) groups is 1. The van der Waals surface area contributed by atoms with E-state index in [-0.39, 0.29) is 17.5 Å². The van der Waals surface area contributed by atoms with Crippen molar-refractivity contribution in [1.82, 2.24) is 4.90 Å². The second-order valence-electron chi connectivity index (χ2n) is 6.17. The number of nitrogens with zero attached hydrogens (tertiary/aromatic N) is 2. The highest BCUT2D eigenvalue weighted by Crippen LogP contribution is 2.37. The number of amides is 2. The SMILES string of the molecule is COc1ccc(NC(=O)N2CCC[C@@H]3CCC[C@H]32)cc1[N+](=O)[O-]. The molecular weight excluding hydrogens is 298 g/mol. The van der Waals surface area contributed by atoms with Crippen molar-refractivity contribution in [1.29, 1.82) is 0 Å². The van der Waals surface area contributed by atoms with Gasteiger partial charge in [-0.05, 0) is 43.7 Å². The third-order valence-electron chi connectivity index (χ3n) is 4.88. The van der Waals surface area contributed by atoms with Crippen LogP contribution in [0.1, 0.15) is 32.1 Å². The Balaban J connectivity index is 1.75. The first kappa shape index (κ1) is 15.6. The molecule has 7 heteroatoms. The number of ether oxygens (including phenoxy) is 1. The molecule has 1 N–H and O–H groups in total. The normalized spacial score (nSPS) is 23.3. The maximum absolute atomic E-state index is 12.6. The van der Waals surface area contributed by atoms with E-state index >= 15 is 0 Å². The maximum Gasteiger partial charge on any atom is 0.322 e. The van der Waals surface area contributed by atoms with Gasteiger partial charge in [0.2, 0.25) is 0 Å². The van der Waals surface area contributed by atoms with Crippen LogP contribution in [0.15, 0.2) is 18.2 Å². The molecule has 124 valence electrons. The van der Waals surface area contributed by atoms with E-state index in [2.05, 4.69) is 5.32 Å². The minimum atomic E-state index is -0.512. The summed E-state index contributed by atoms with van der Waals surface area (Å²) in [7, 11) is 1.38. The van der Waals surface area contributed by atoms with Crippen LogP contribution >= 0.6 is 0 Å². The monoisotopic (exact) mass is 319 g/mol. The van der Waals surface area contributed by atoms with Gasteiger partial charge in [-0.1, -0.05) is 6.42 Å². The molecule has 7 nitrogen and oxygen atoms in total. The number of carbonyl (C=O) groups excluding carboxylic acids is 1. The van der Waals surface area contributed by atoms with E-state index in [1.807, 2.05) is 4.90 Å². The summed E-state index contributed by atoms with van der Waals surface area (Å²) in [6.45, 7) is 0.755. The number of piperidine rings is 1. The van der Waals surface area contributed by atoms with Crippen LogP contribution in [0.25, 0.3) is 0 Å². The summed E-state index contributed by atoms with van der Waals surface area (Å²) < 4.78 is 4.97. The largest absolute Gasteiger partial charge is 0.490 e. The van der Waals surface area contributed by atoms with Gasteiger partial charge in [0, 0.05) is 24.3 Å². The third-order valence-corrected chi connectivity index (χ3v) is 4.88. The molecule has 0 aromatic heterocycles. The number of hydrogen-bond donors (Lipinski definition) is 1. The molecule has 1 heterocycles. The molecule has 1 saturated heterocycles. The van der Waals surface area contributed by atoms with Gasteiger partial charge in [0.1, 0.15) is 0 Å². The van der Waals surface area contributed by atoms with Gasteiger partial charge >= 0.3 is 11.7 Å². The lowest BCUT2D eigenvalue weighted by molar-refractivity contribution is -0.385. The molecule has 0 unspecified atom stereocenters. The van der Waals surface area contributed by atoms with E-state index in [0.717, 1.165) is 19.4 Å². The Bertz CT molecular complexity index is 619. The second-order valence-corrected chi connectivity index (χ2v) is 6.17. The van der Waals surface area contributed by atoms with Crippen molar-refractivity contribution >= 4 is 17.4 Å². The van der Waals surface area contributed by atoms with E-state index in [9.17, 15) is 14.9 Å². The van der Waals surface area contributed by atoms with Crippen LogP contribution in [0.3, 0.4) is 0 Å². The van der Waals surface area contributed by atoms with Crippen LogP contribution in [0, 0.1) is 16.0 Å². The molecule has 1 aromatic carbocycles. The summed E-state index contributed by atoms with van der Waals surface area (Å²) in [4.78, 5) is 25.0.